The van der Waals surface area contributed by atoms with Crippen LogP contribution >= 0.6 is 0 Å². The molecule has 0 aliphatic carbocycles. The van der Waals surface area contributed by atoms with Crippen LogP contribution in [-0.2, 0) is 11.3 Å². The third kappa shape index (κ3) is 3.44. The number of amides is 1. The highest BCUT2D eigenvalue weighted by atomic mass is 19.1. The molecule has 2 rings (SSSR count). The molecule has 1 aromatic carbocycles. The van der Waals surface area contributed by atoms with Crippen molar-refractivity contribution >= 4 is 6.09 Å². The third-order valence-corrected chi connectivity index (χ3v) is 3.30. The van der Waals surface area contributed by atoms with Crippen LogP contribution < -0.4 is 0 Å². The monoisotopic (exact) mass is 267 g/mol. The van der Waals surface area contributed by atoms with Crippen LogP contribution in [0, 0.1) is 0 Å². The smallest absolute Gasteiger partial charge is 0.410 e. The number of ether oxygens (including phenoxy) is 1. The normalized spacial score (nSPS) is 27.1. The van der Waals surface area contributed by atoms with Crippen molar-refractivity contribution in [3.05, 3.63) is 35.9 Å². The second-order valence-corrected chi connectivity index (χ2v) is 5.08. The van der Waals surface area contributed by atoms with Crippen molar-refractivity contribution < 1.29 is 19.0 Å². The van der Waals surface area contributed by atoms with E-state index in [2.05, 4.69) is 0 Å². The Morgan fingerprint density at radius 1 is 1.53 bits per heavy atom. The topological polar surface area (TPSA) is 49.8 Å². The predicted molar refractivity (Wildman–Crippen MR) is 68.3 cm³/mol. The molecule has 1 saturated heterocycles. The largest absolute Gasteiger partial charge is 0.445 e. The Hall–Kier alpha value is -1.62. The minimum absolute atomic E-state index is 0.0399. The van der Waals surface area contributed by atoms with Crippen molar-refractivity contribution in [1.29, 1.82) is 0 Å². The first kappa shape index (κ1) is 13.8. The van der Waals surface area contributed by atoms with Crippen LogP contribution in [0.4, 0.5) is 9.18 Å². The Morgan fingerprint density at radius 2 is 2.21 bits per heavy atom. The lowest BCUT2D eigenvalue weighted by atomic mass is 9.93. The molecule has 1 heterocycles. The minimum Gasteiger partial charge on any atom is -0.445 e. The number of alkyl halides is 1. The summed E-state index contributed by atoms with van der Waals surface area (Å²) in [5, 5.41) is 9.82. The summed E-state index contributed by atoms with van der Waals surface area (Å²) in [6.45, 7) is 1.80. The average Bonchev–Trinajstić information content (AvgIpc) is 2.40. The summed E-state index contributed by atoms with van der Waals surface area (Å²) in [5.41, 5.74) is -0.604. The van der Waals surface area contributed by atoms with Gasteiger partial charge in [-0.15, -0.1) is 0 Å². The van der Waals surface area contributed by atoms with Gasteiger partial charge in [0.25, 0.3) is 0 Å². The van der Waals surface area contributed by atoms with Gasteiger partial charge in [-0.1, -0.05) is 30.3 Å². The van der Waals surface area contributed by atoms with E-state index in [4.69, 9.17) is 4.74 Å². The summed E-state index contributed by atoms with van der Waals surface area (Å²) in [4.78, 5) is 13.2. The van der Waals surface area contributed by atoms with E-state index in [1.807, 2.05) is 30.3 Å². The minimum atomic E-state index is -1.50. The van der Waals surface area contributed by atoms with Gasteiger partial charge >= 0.3 is 6.09 Å². The number of carbonyl (C=O) groups excluding carboxylic acids is 1. The zero-order valence-electron chi connectivity index (χ0n) is 10.9. The Labute approximate surface area is 111 Å². The lowest BCUT2D eigenvalue weighted by molar-refractivity contribution is -0.0719. The van der Waals surface area contributed by atoms with Gasteiger partial charge in [-0.25, -0.2) is 9.18 Å². The van der Waals surface area contributed by atoms with Crippen LogP contribution in [-0.4, -0.2) is 41.0 Å². The highest BCUT2D eigenvalue weighted by Gasteiger charge is 2.40. The molecule has 5 heteroatoms. The van der Waals surface area contributed by atoms with Crippen molar-refractivity contribution in [2.45, 2.75) is 31.7 Å². The Bertz CT molecular complexity index is 436. The predicted octanol–water partition coefficient (Wildman–Crippen LogP) is 2.12. The summed E-state index contributed by atoms with van der Waals surface area (Å²) in [7, 11) is 0. The number of hydrogen-bond acceptors (Lipinski definition) is 3. The quantitative estimate of drug-likeness (QED) is 0.893. The molecular weight excluding hydrogens is 249 g/mol. The van der Waals surface area contributed by atoms with Crippen molar-refractivity contribution in [1.82, 2.24) is 4.90 Å². The van der Waals surface area contributed by atoms with Crippen LogP contribution in [0.1, 0.15) is 18.9 Å². The fraction of sp³-hybridized carbons (Fsp3) is 0.500. The highest BCUT2D eigenvalue weighted by molar-refractivity contribution is 5.68. The Balaban J connectivity index is 1.87. The number of nitrogens with zero attached hydrogens (tertiary/aromatic N) is 1. The van der Waals surface area contributed by atoms with Gasteiger partial charge in [0.05, 0.1) is 6.54 Å². The van der Waals surface area contributed by atoms with Crippen LogP contribution in [0.5, 0.6) is 0 Å². The molecule has 0 aromatic heterocycles. The van der Waals surface area contributed by atoms with Crippen LogP contribution in [0.15, 0.2) is 30.3 Å². The first-order valence-electron chi connectivity index (χ1n) is 6.31. The van der Waals surface area contributed by atoms with E-state index in [0.717, 1.165) is 5.56 Å². The molecule has 0 unspecified atom stereocenters. The first-order valence-corrected chi connectivity index (χ1v) is 6.31. The Morgan fingerprint density at radius 3 is 2.84 bits per heavy atom. The second-order valence-electron chi connectivity index (χ2n) is 5.08. The summed E-state index contributed by atoms with van der Waals surface area (Å²) in [6, 6.07) is 9.33. The van der Waals surface area contributed by atoms with Gasteiger partial charge < -0.3 is 14.7 Å². The number of aliphatic hydroxyl groups is 1. The average molecular weight is 267 g/mol. The van der Waals surface area contributed by atoms with E-state index in [-0.39, 0.29) is 26.1 Å². The van der Waals surface area contributed by atoms with E-state index >= 15 is 0 Å². The number of β-amino-alcohol motifs (C(OH)–C–C–N with tert-alkyl or cyclic N) is 1. The number of carbonyl (C=O) groups is 1. The molecule has 0 saturated carbocycles. The van der Waals surface area contributed by atoms with E-state index in [0.29, 0.717) is 0 Å². The molecule has 1 aromatic rings. The maximum absolute atomic E-state index is 13.4. The Kier molecular flexibility index (Phi) is 4.04. The molecule has 4 nitrogen and oxygen atoms in total. The van der Waals surface area contributed by atoms with Gasteiger partial charge in [0, 0.05) is 6.54 Å². The molecule has 1 aliphatic heterocycles. The summed E-state index contributed by atoms with van der Waals surface area (Å²) < 4.78 is 18.6. The third-order valence-electron chi connectivity index (χ3n) is 3.30. The first-order chi connectivity index (χ1) is 8.99. The number of likely N-dealkylation sites (tertiary alicyclic amines) is 1. The molecule has 2 atom stereocenters. The van der Waals surface area contributed by atoms with Crippen LogP contribution in [0.2, 0.25) is 0 Å². The van der Waals surface area contributed by atoms with Crippen molar-refractivity contribution in [2.24, 2.45) is 0 Å². The van der Waals surface area contributed by atoms with Gasteiger partial charge in [-0.2, -0.15) is 0 Å². The van der Waals surface area contributed by atoms with Gasteiger partial charge in [-0.3, -0.25) is 0 Å². The van der Waals surface area contributed by atoms with Gasteiger partial charge in [0.2, 0.25) is 0 Å². The zero-order valence-corrected chi connectivity index (χ0v) is 10.9. The lowest BCUT2D eigenvalue weighted by Crippen LogP contribution is -2.55. The molecule has 1 amide bonds. The fourth-order valence-corrected chi connectivity index (χ4v) is 2.11. The number of hydrogen-bond donors (Lipinski definition) is 1. The number of benzene rings is 1. The maximum Gasteiger partial charge on any atom is 0.410 e. The van der Waals surface area contributed by atoms with Crippen molar-refractivity contribution in [3.63, 3.8) is 0 Å². The van der Waals surface area contributed by atoms with E-state index in [9.17, 15) is 14.3 Å². The van der Waals surface area contributed by atoms with Crippen LogP contribution in [0.25, 0.3) is 0 Å². The van der Waals surface area contributed by atoms with E-state index in [1.54, 1.807) is 0 Å². The lowest BCUT2D eigenvalue weighted by Gasteiger charge is -2.38. The summed E-state index contributed by atoms with van der Waals surface area (Å²) in [6.07, 6.45) is -1.69. The van der Waals surface area contributed by atoms with Gasteiger partial charge in [-0.05, 0) is 18.9 Å². The van der Waals surface area contributed by atoms with E-state index in [1.165, 1.54) is 11.8 Å². The molecule has 1 aliphatic rings. The molecule has 0 radical (unpaired) electrons. The molecule has 1 fully saturated rings. The SMILES string of the molecule is C[C@@]1(O)CN(C(=O)OCc2ccccc2)CC[C@H]1F. The molecule has 104 valence electrons. The number of halogens is 1. The summed E-state index contributed by atoms with van der Waals surface area (Å²) >= 11 is 0. The summed E-state index contributed by atoms with van der Waals surface area (Å²) in [5.74, 6) is 0. The zero-order chi connectivity index (χ0) is 13.9. The fourth-order valence-electron chi connectivity index (χ4n) is 2.11. The second kappa shape index (κ2) is 5.57. The molecular formula is C14H18FNO3. The molecule has 1 N–H and O–H groups in total. The number of rotatable bonds is 2. The molecule has 0 bridgehead atoms. The van der Waals surface area contributed by atoms with Crippen molar-refractivity contribution in [2.75, 3.05) is 13.1 Å². The van der Waals surface area contributed by atoms with Crippen LogP contribution in [0.3, 0.4) is 0 Å². The maximum atomic E-state index is 13.4. The van der Waals surface area contributed by atoms with E-state index < -0.39 is 17.9 Å². The van der Waals surface area contributed by atoms with Gasteiger partial charge in [0.15, 0.2) is 0 Å². The highest BCUT2D eigenvalue weighted by Crippen LogP contribution is 2.24. The number of piperidine rings is 1. The molecule has 0 spiro atoms. The standard InChI is InChI=1S/C14H18FNO3/c1-14(18)10-16(8-7-12(14)15)13(17)19-9-11-5-3-2-4-6-11/h2-6,12,18H,7-10H2,1H3/t12-,14-/m1/s1. The van der Waals surface area contributed by atoms with Gasteiger partial charge in [0.1, 0.15) is 18.4 Å². The molecule has 19 heavy (non-hydrogen) atoms. The van der Waals surface area contributed by atoms with Crippen molar-refractivity contribution in [3.8, 4) is 0 Å².